The van der Waals surface area contributed by atoms with Crippen molar-refractivity contribution in [1.82, 2.24) is 10.6 Å². The zero-order valence-electron chi connectivity index (χ0n) is 12.8. The van der Waals surface area contributed by atoms with Gasteiger partial charge in [0, 0.05) is 31.9 Å². The van der Waals surface area contributed by atoms with Gasteiger partial charge in [-0.05, 0) is 44.4 Å². The molecule has 114 valence electrons. The minimum absolute atomic E-state index is 0.203. The van der Waals surface area contributed by atoms with Crippen molar-refractivity contribution in [3.63, 3.8) is 0 Å². The van der Waals surface area contributed by atoms with Gasteiger partial charge < -0.3 is 15.5 Å². The zero-order valence-corrected chi connectivity index (χ0v) is 12.8. The van der Waals surface area contributed by atoms with Gasteiger partial charge in [-0.1, -0.05) is 18.2 Å². The summed E-state index contributed by atoms with van der Waals surface area (Å²) in [5.41, 5.74) is 2.61. The maximum absolute atomic E-state index is 12.2. The van der Waals surface area contributed by atoms with Gasteiger partial charge >= 0.3 is 0 Å². The average Bonchev–Trinajstić information content (AvgIpc) is 3.11. The first-order chi connectivity index (χ1) is 10.2. The molecule has 1 saturated heterocycles. The van der Waals surface area contributed by atoms with Gasteiger partial charge in [0.05, 0.1) is 5.41 Å². The van der Waals surface area contributed by atoms with Crippen molar-refractivity contribution in [3.8, 4) is 0 Å². The van der Waals surface area contributed by atoms with E-state index in [9.17, 15) is 4.79 Å². The summed E-state index contributed by atoms with van der Waals surface area (Å²) >= 11 is 0. The summed E-state index contributed by atoms with van der Waals surface area (Å²) in [6.45, 7) is 6.71. The molecule has 2 aliphatic heterocycles. The standard InChI is InChI=1S/C17H25N3O/c1-17(8-10-18-13-17)16(21)19-9-4-11-20-12-7-14-5-2-3-6-15(14)20/h2-3,5-6,18H,4,7-13H2,1H3,(H,19,21). The van der Waals surface area contributed by atoms with Crippen LogP contribution in [0.2, 0.25) is 0 Å². The molecule has 0 aromatic heterocycles. The van der Waals surface area contributed by atoms with E-state index in [4.69, 9.17) is 0 Å². The summed E-state index contributed by atoms with van der Waals surface area (Å²) in [5.74, 6) is 0.203. The molecule has 2 aliphatic rings. The van der Waals surface area contributed by atoms with Crippen LogP contribution in [0.15, 0.2) is 24.3 Å². The smallest absolute Gasteiger partial charge is 0.227 e. The number of hydrogen-bond donors (Lipinski definition) is 2. The highest BCUT2D eigenvalue weighted by Crippen LogP contribution is 2.27. The normalized spacial score (nSPS) is 24.1. The second-order valence-electron chi connectivity index (χ2n) is 6.46. The number of benzene rings is 1. The molecule has 1 unspecified atom stereocenters. The highest BCUT2D eigenvalue weighted by molar-refractivity contribution is 5.82. The van der Waals surface area contributed by atoms with Gasteiger partial charge in [0.15, 0.2) is 0 Å². The first-order valence-corrected chi connectivity index (χ1v) is 8.01. The lowest BCUT2D eigenvalue weighted by atomic mass is 9.89. The van der Waals surface area contributed by atoms with Gasteiger partial charge in [0.2, 0.25) is 5.91 Å². The van der Waals surface area contributed by atoms with E-state index in [1.807, 2.05) is 0 Å². The highest BCUT2D eigenvalue weighted by atomic mass is 16.2. The Balaban J connectivity index is 1.42. The third-order valence-corrected chi connectivity index (χ3v) is 4.79. The number of carbonyl (C=O) groups is 1. The third-order valence-electron chi connectivity index (χ3n) is 4.79. The summed E-state index contributed by atoms with van der Waals surface area (Å²) in [4.78, 5) is 14.6. The molecule has 0 radical (unpaired) electrons. The molecule has 0 bridgehead atoms. The topological polar surface area (TPSA) is 44.4 Å². The molecule has 0 aliphatic carbocycles. The van der Waals surface area contributed by atoms with Crippen molar-refractivity contribution in [3.05, 3.63) is 29.8 Å². The molecule has 0 saturated carbocycles. The largest absolute Gasteiger partial charge is 0.371 e. The summed E-state index contributed by atoms with van der Waals surface area (Å²) in [6, 6.07) is 8.63. The SMILES string of the molecule is CC1(C(=O)NCCCN2CCc3ccccc32)CCNC1. The lowest BCUT2D eigenvalue weighted by Gasteiger charge is -2.23. The van der Waals surface area contributed by atoms with Gasteiger partial charge in [-0.2, -0.15) is 0 Å². The monoisotopic (exact) mass is 287 g/mol. The molecular weight excluding hydrogens is 262 g/mol. The van der Waals surface area contributed by atoms with Crippen molar-refractivity contribution in [1.29, 1.82) is 0 Å². The van der Waals surface area contributed by atoms with Crippen LogP contribution in [0.25, 0.3) is 0 Å². The van der Waals surface area contributed by atoms with E-state index in [0.29, 0.717) is 0 Å². The van der Waals surface area contributed by atoms with E-state index in [1.54, 1.807) is 0 Å². The van der Waals surface area contributed by atoms with E-state index < -0.39 is 0 Å². The Hall–Kier alpha value is -1.55. The number of para-hydroxylation sites is 1. The Morgan fingerprint density at radius 2 is 2.29 bits per heavy atom. The van der Waals surface area contributed by atoms with Crippen LogP contribution in [0, 0.1) is 5.41 Å². The zero-order chi connectivity index (χ0) is 14.7. The van der Waals surface area contributed by atoms with Crippen LogP contribution in [0.3, 0.4) is 0 Å². The number of fused-ring (bicyclic) bond motifs is 1. The summed E-state index contributed by atoms with van der Waals surface area (Å²) in [5, 5.41) is 6.38. The predicted octanol–water partition coefficient (Wildman–Crippen LogP) is 1.55. The molecule has 3 rings (SSSR count). The minimum Gasteiger partial charge on any atom is -0.371 e. The summed E-state index contributed by atoms with van der Waals surface area (Å²) < 4.78 is 0. The molecule has 1 fully saturated rings. The van der Waals surface area contributed by atoms with Gasteiger partial charge in [-0.25, -0.2) is 0 Å². The molecule has 4 nitrogen and oxygen atoms in total. The Bertz CT molecular complexity index is 509. The number of carbonyl (C=O) groups excluding carboxylic acids is 1. The molecule has 1 amide bonds. The van der Waals surface area contributed by atoms with Crippen LogP contribution in [-0.2, 0) is 11.2 Å². The molecule has 2 N–H and O–H groups in total. The second-order valence-corrected chi connectivity index (χ2v) is 6.46. The average molecular weight is 287 g/mol. The van der Waals surface area contributed by atoms with Crippen molar-refractivity contribution in [2.24, 2.45) is 5.41 Å². The summed E-state index contributed by atoms with van der Waals surface area (Å²) in [6.07, 6.45) is 3.09. The van der Waals surface area contributed by atoms with Gasteiger partial charge in [-0.3, -0.25) is 4.79 Å². The fourth-order valence-electron chi connectivity index (χ4n) is 3.33. The Morgan fingerprint density at radius 1 is 1.43 bits per heavy atom. The van der Waals surface area contributed by atoms with Crippen LogP contribution in [-0.4, -0.2) is 38.6 Å². The quantitative estimate of drug-likeness (QED) is 0.808. The molecule has 0 spiro atoms. The molecule has 4 heteroatoms. The Morgan fingerprint density at radius 3 is 3.10 bits per heavy atom. The van der Waals surface area contributed by atoms with Crippen molar-refractivity contribution < 1.29 is 4.79 Å². The van der Waals surface area contributed by atoms with Crippen molar-refractivity contribution in [2.75, 3.05) is 37.6 Å². The second kappa shape index (κ2) is 6.06. The number of anilines is 1. The number of rotatable bonds is 5. The van der Waals surface area contributed by atoms with Gasteiger partial charge in [0.1, 0.15) is 0 Å². The first-order valence-electron chi connectivity index (χ1n) is 8.01. The van der Waals surface area contributed by atoms with Crippen LogP contribution in [0.1, 0.15) is 25.3 Å². The number of amides is 1. The number of hydrogen-bond acceptors (Lipinski definition) is 3. The van der Waals surface area contributed by atoms with E-state index >= 15 is 0 Å². The number of nitrogens with zero attached hydrogens (tertiary/aromatic N) is 1. The molecule has 1 atom stereocenters. The first kappa shape index (κ1) is 14.4. The molecule has 1 aromatic carbocycles. The number of nitrogens with one attached hydrogen (secondary N) is 2. The van der Waals surface area contributed by atoms with Crippen LogP contribution in [0.5, 0.6) is 0 Å². The van der Waals surface area contributed by atoms with Crippen LogP contribution in [0.4, 0.5) is 5.69 Å². The Labute approximate surface area is 126 Å². The van der Waals surface area contributed by atoms with Crippen LogP contribution < -0.4 is 15.5 Å². The lowest BCUT2D eigenvalue weighted by molar-refractivity contribution is -0.129. The van der Waals surface area contributed by atoms with E-state index in [2.05, 4.69) is 46.7 Å². The molecular formula is C17H25N3O. The predicted molar refractivity (Wildman–Crippen MR) is 85.6 cm³/mol. The van der Waals surface area contributed by atoms with Crippen LogP contribution >= 0.6 is 0 Å². The molecule has 2 heterocycles. The third kappa shape index (κ3) is 3.05. The fraction of sp³-hybridized carbons (Fsp3) is 0.588. The highest BCUT2D eigenvalue weighted by Gasteiger charge is 2.35. The lowest BCUT2D eigenvalue weighted by Crippen LogP contribution is -2.41. The fourth-order valence-corrected chi connectivity index (χ4v) is 3.33. The minimum atomic E-state index is -0.208. The maximum atomic E-state index is 12.2. The molecule has 1 aromatic rings. The van der Waals surface area contributed by atoms with E-state index in [0.717, 1.165) is 52.0 Å². The van der Waals surface area contributed by atoms with Gasteiger partial charge in [-0.15, -0.1) is 0 Å². The van der Waals surface area contributed by atoms with Crippen molar-refractivity contribution in [2.45, 2.75) is 26.2 Å². The molecule has 21 heavy (non-hydrogen) atoms. The van der Waals surface area contributed by atoms with Gasteiger partial charge in [0.25, 0.3) is 0 Å². The maximum Gasteiger partial charge on any atom is 0.227 e. The van der Waals surface area contributed by atoms with E-state index in [1.165, 1.54) is 11.3 Å². The Kier molecular flexibility index (Phi) is 4.15. The summed E-state index contributed by atoms with van der Waals surface area (Å²) in [7, 11) is 0. The van der Waals surface area contributed by atoms with Crippen molar-refractivity contribution >= 4 is 11.6 Å². The van der Waals surface area contributed by atoms with E-state index in [-0.39, 0.29) is 11.3 Å².